The van der Waals surface area contributed by atoms with Crippen LogP contribution in [0.15, 0.2) is 72.8 Å². The summed E-state index contributed by atoms with van der Waals surface area (Å²) < 4.78 is 11.0. The fourth-order valence-corrected chi connectivity index (χ4v) is 3.12. The van der Waals surface area contributed by atoms with Crippen LogP contribution in [0.2, 0.25) is 0 Å². The highest BCUT2D eigenvalue weighted by molar-refractivity contribution is 5.87. The number of carbonyl (C=O) groups excluding carboxylic acids is 2. The standard InChI is InChI=1S/C27H32O6/c1-17(2)25(30)23(28)15-32-21-11-7-19(8-12-21)27(5,6)20-9-13-22(14-10-20)33-16-24(29)26(31)18(3)4/h7-14,25-26,30-31H,1,3,15-16H2,2,4-6H3. The number of ether oxygens (including phenoxy) is 2. The lowest BCUT2D eigenvalue weighted by atomic mass is 9.78. The van der Waals surface area contributed by atoms with Crippen LogP contribution in [0.3, 0.4) is 0 Å². The maximum Gasteiger partial charge on any atom is 0.202 e. The van der Waals surface area contributed by atoms with Gasteiger partial charge in [0.25, 0.3) is 0 Å². The summed E-state index contributed by atoms with van der Waals surface area (Å²) in [4.78, 5) is 23.7. The molecule has 0 aromatic heterocycles. The number of benzene rings is 2. The molecule has 2 aromatic rings. The van der Waals surface area contributed by atoms with Gasteiger partial charge in [-0.05, 0) is 60.4 Å². The lowest BCUT2D eigenvalue weighted by molar-refractivity contribution is -0.128. The van der Waals surface area contributed by atoms with E-state index in [2.05, 4.69) is 27.0 Å². The zero-order valence-electron chi connectivity index (χ0n) is 19.6. The fourth-order valence-electron chi connectivity index (χ4n) is 3.12. The molecule has 176 valence electrons. The summed E-state index contributed by atoms with van der Waals surface area (Å²) in [5.74, 6) is 0.180. The molecular weight excluding hydrogens is 420 g/mol. The molecule has 0 saturated heterocycles. The van der Waals surface area contributed by atoms with Gasteiger partial charge in [-0.1, -0.05) is 51.3 Å². The van der Waals surface area contributed by atoms with Crippen LogP contribution in [0, 0.1) is 0 Å². The molecule has 6 nitrogen and oxygen atoms in total. The van der Waals surface area contributed by atoms with Gasteiger partial charge in [0.15, 0.2) is 0 Å². The molecule has 0 spiro atoms. The first kappa shape index (κ1) is 26.0. The summed E-state index contributed by atoms with van der Waals surface area (Å²) in [5.41, 5.74) is 2.52. The second-order valence-corrected chi connectivity index (χ2v) is 8.68. The summed E-state index contributed by atoms with van der Waals surface area (Å²) in [7, 11) is 0. The Labute approximate surface area is 195 Å². The van der Waals surface area contributed by atoms with Gasteiger partial charge >= 0.3 is 0 Å². The molecule has 33 heavy (non-hydrogen) atoms. The Balaban J connectivity index is 2.01. The highest BCUT2D eigenvalue weighted by Gasteiger charge is 2.24. The Morgan fingerprint density at radius 3 is 1.33 bits per heavy atom. The van der Waals surface area contributed by atoms with Crippen LogP contribution in [0.25, 0.3) is 0 Å². The zero-order valence-corrected chi connectivity index (χ0v) is 19.6. The lowest BCUT2D eigenvalue weighted by Gasteiger charge is -2.26. The molecule has 2 atom stereocenters. The minimum absolute atomic E-state index is 0.232. The van der Waals surface area contributed by atoms with Gasteiger partial charge in [0.1, 0.15) is 36.9 Å². The second kappa shape index (κ2) is 11.1. The number of Topliss-reactive ketones (excluding diaryl/α,β-unsaturated/α-hetero) is 2. The van der Waals surface area contributed by atoms with Gasteiger partial charge in [-0.15, -0.1) is 0 Å². The molecule has 0 aliphatic rings. The summed E-state index contributed by atoms with van der Waals surface area (Å²) in [6.07, 6.45) is -2.44. The first-order valence-electron chi connectivity index (χ1n) is 10.6. The first-order chi connectivity index (χ1) is 15.4. The molecule has 0 aliphatic carbocycles. The van der Waals surface area contributed by atoms with Crippen molar-refractivity contribution in [2.45, 2.75) is 45.3 Å². The normalized spacial score (nSPS) is 13.0. The van der Waals surface area contributed by atoms with E-state index >= 15 is 0 Å². The SMILES string of the molecule is C=C(C)C(O)C(=O)COc1ccc(C(C)(C)c2ccc(OCC(=O)C(O)C(=C)C)cc2)cc1. The topological polar surface area (TPSA) is 93.1 Å². The van der Waals surface area contributed by atoms with Crippen molar-refractivity contribution in [3.63, 3.8) is 0 Å². The van der Waals surface area contributed by atoms with Crippen molar-refractivity contribution in [2.75, 3.05) is 13.2 Å². The molecule has 2 rings (SSSR count). The van der Waals surface area contributed by atoms with E-state index in [9.17, 15) is 19.8 Å². The van der Waals surface area contributed by atoms with Crippen LogP contribution in [0.5, 0.6) is 11.5 Å². The molecule has 0 fully saturated rings. The monoisotopic (exact) mass is 452 g/mol. The molecule has 6 heteroatoms. The van der Waals surface area contributed by atoms with Crippen LogP contribution >= 0.6 is 0 Å². The highest BCUT2D eigenvalue weighted by Crippen LogP contribution is 2.33. The Kier molecular flexibility index (Phi) is 8.74. The molecule has 0 amide bonds. The van der Waals surface area contributed by atoms with Crippen LogP contribution < -0.4 is 9.47 Å². The quantitative estimate of drug-likeness (QED) is 0.476. The largest absolute Gasteiger partial charge is 0.486 e. The number of hydrogen-bond donors (Lipinski definition) is 2. The lowest BCUT2D eigenvalue weighted by Crippen LogP contribution is -2.27. The molecular formula is C27H32O6. The molecule has 0 radical (unpaired) electrons. The van der Waals surface area contributed by atoms with E-state index in [0.29, 0.717) is 22.6 Å². The summed E-state index contributed by atoms with van der Waals surface area (Å²) >= 11 is 0. The van der Waals surface area contributed by atoms with Gasteiger partial charge in [0.05, 0.1) is 0 Å². The van der Waals surface area contributed by atoms with E-state index in [1.165, 1.54) is 0 Å². The molecule has 2 unspecified atom stereocenters. The number of aliphatic hydroxyl groups excluding tert-OH is 2. The zero-order chi connectivity index (χ0) is 24.8. The molecule has 0 aliphatic heterocycles. The van der Waals surface area contributed by atoms with E-state index in [1.54, 1.807) is 38.1 Å². The molecule has 0 heterocycles. The van der Waals surface area contributed by atoms with Crippen molar-refractivity contribution in [1.82, 2.24) is 0 Å². The third kappa shape index (κ3) is 6.88. The minimum Gasteiger partial charge on any atom is -0.486 e. The Bertz CT molecular complexity index is 920. The van der Waals surface area contributed by atoms with Gasteiger partial charge in [-0.3, -0.25) is 9.59 Å². The number of rotatable bonds is 12. The van der Waals surface area contributed by atoms with Gasteiger partial charge in [-0.2, -0.15) is 0 Å². The van der Waals surface area contributed by atoms with Crippen LogP contribution in [-0.4, -0.2) is 47.2 Å². The molecule has 2 aromatic carbocycles. The number of carbonyl (C=O) groups is 2. The van der Waals surface area contributed by atoms with Crippen molar-refractivity contribution < 1.29 is 29.3 Å². The van der Waals surface area contributed by atoms with Gasteiger partial charge in [-0.25, -0.2) is 0 Å². The number of hydrogen-bond acceptors (Lipinski definition) is 6. The van der Waals surface area contributed by atoms with Crippen molar-refractivity contribution in [3.8, 4) is 11.5 Å². The average molecular weight is 453 g/mol. The Morgan fingerprint density at radius 2 is 1.06 bits per heavy atom. The van der Waals surface area contributed by atoms with E-state index in [1.807, 2.05) is 24.3 Å². The molecule has 2 N–H and O–H groups in total. The number of aliphatic hydroxyl groups is 2. The smallest absolute Gasteiger partial charge is 0.202 e. The third-order valence-corrected chi connectivity index (χ3v) is 5.46. The van der Waals surface area contributed by atoms with Crippen molar-refractivity contribution in [1.29, 1.82) is 0 Å². The van der Waals surface area contributed by atoms with Crippen molar-refractivity contribution >= 4 is 11.6 Å². The minimum atomic E-state index is -1.22. The van der Waals surface area contributed by atoms with Crippen molar-refractivity contribution in [3.05, 3.63) is 84.0 Å². The highest BCUT2D eigenvalue weighted by atomic mass is 16.5. The van der Waals surface area contributed by atoms with E-state index in [-0.39, 0.29) is 18.6 Å². The average Bonchev–Trinajstić information content (AvgIpc) is 2.80. The van der Waals surface area contributed by atoms with Crippen LogP contribution in [-0.2, 0) is 15.0 Å². The maximum absolute atomic E-state index is 11.9. The molecule has 0 saturated carbocycles. The van der Waals surface area contributed by atoms with Crippen LogP contribution in [0.1, 0.15) is 38.8 Å². The summed E-state index contributed by atoms with van der Waals surface area (Å²) in [5, 5.41) is 19.4. The van der Waals surface area contributed by atoms with E-state index < -0.39 is 23.8 Å². The van der Waals surface area contributed by atoms with Gasteiger partial charge < -0.3 is 19.7 Å². The van der Waals surface area contributed by atoms with Gasteiger partial charge in [0.2, 0.25) is 11.6 Å². The van der Waals surface area contributed by atoms with Crippen molar-refractivity contribution in [2.24, 2.45) is 0 Å². The fraction of sp³-hybridized carbons (Fsp3) is 0.333. The summed E-state index contributed by atoms with van der Waals surface area (Å²) in [6.45, 7) is 14.0. The molecule has 0 bridgehead atoms. The summed E-state index contributed by atoms with van der Waals surface area (Å²) in [6, 6.07) is 14.9. The maximum atomic E-state index is 11.9. The number of ketones is 2. The predicted molar refractivity (Wildman–Crippen MR) is 128 cm³/mol. The first-order valence-corrected chi connectivity index (χ1v) is 10.6. The second-order valence-electron chi connectivity index (χ2n) is 8.68. The van der Waals surface area contributed by atoms with Crippen LogP contribution in [0.4, 0.5) is 0 Å². The van der Waals surface area contributed by atoms with Gasteiger partial charge in [0, 0.05) is 5.41 Å². The van der Waals surface area contributed by atoms with E-state index in [4.69, 9.17) is 9.47 Å². The Morgan fingerprint density at radius 1 is 0.758 bits per heavy atom. The predicted octanol–water partition coefficient (Wildman–Crippen LogP) is 3.78. The Hall–Kier alpha value is -3.22. The third-order valence-electron chi connectivity index (χ3n) is 5.46. The van der Waals surface area contributed by atoms with E-state index in [0.717, 1.165) is 11.1 Å².